The van der Waals surface area contributed by atoms with Gasteiger partial charge in [0.1, 0.15) is 0 Å². The van der Waals surface area contributed by atoms with Crippen LogP contribution in [0.1, 0.15) is 47.0 Å². The van der Waals surface area contributed by atoms with Crippen molar-refractivity contribution in [1.82, 2.24) is 25.6 Å². The van der Waals surface area contributed by atoms with E-state index in [4.69, 9.17) is 0 Å². The van der Waals surface area contributed by atoms with Crippen molar-refractivity contribution in [3.05, 3.63) is 80.4 Å². The molecule has 4 aromatic rings. The Morgan fingerprint density at radius 2 is 1.79 bits per heavy atom. The number of benzene rings is 2. The lowest BCUT2D eigenvalue weighted by molar-refractivity contribution is -0.384. The fourth-order valence-corrected chi connectivity index (χ4v) is 3.72. The van der Waals surface area contributed by atoms with Gasteiger partial charge in [0.25, 0.3) is 23.1 Å². The molecular formula is C23H22N6O5. The van der Waals surface area contributed by atoms with Gasteiger partial charge in [-0.05, 0) is 18.6 Å². The molecule has 3 N–H and O–H groups in total. The third-order valence-corrected chi connectivity index (χ3v) is 5.47. The third kappa shape index (κ3) is 4.35. The van der Waals surface area contributed by atoms with Crippen LogP contribution >= 0.6 is 0 Å². The monoisotopic (exact) mass is 462 g/mol. The lowest BCUT2D eigenvalue weighted by atomic mass is 10.1. The molecule has 0 fully saturated rings. The van der Waals surface area contributed by atoms with Gasteiger partial charge in [0.2, 0.25) is 0 Å². The molecule has 2 aromatic heterocycles. The highest BCUT2D eigenvalue weighted by atomic mass is 16.6. The van der Waals surface area contributed by atoms with Crippen LogP contribution in [0.3, 0.4) is 0 Å². The summed E-state index contributed by atoms with van der Waals surface area (Å²) in [6.07, 6.45) is 4.03. The number of non-ortho nitro benzene ring substituents is 1. The van der Waals surface area contributed by atoms with E-state index >= 15 is 0 Å². The van der Waals surface area contributed by atoms with E-state index in [1.165, 1.54) is 29.1 Å². The van der Waals surface area contributed by atoms with Gasteiger partial charge in [-0.15, -0.1) is 0 Å². The second kappa shape index (κ2) is 9.53. The molecule has 0 aliphatic rings. The number of hydrazine groups is 1. The number of rotatable bonds is 7. The highest BCUT2D eigenvalue weighted by Gasteiger charge is 2.19. The number of nitro groups is 1. The summed E-state index contributed by atoms with van der Waals surface area (Å²) in [6, 6.07) is 10.8. The minimum atomic E-state index is -0.695. The number of aryl methyl sites for hydroxylation is 1. The molecule has 2 aromatic carbocycles. The zero-order valence-electron chi connectivity index (χ0n) is 18.3. The number of nitro benzene ring substituents is 1. The van der Waals surface area contributed by atoms with Crippen molar-refractivity contribution < 1.29 is 14.5 Å². The molecule has 0 aliphatic heterocycles. The van der Waals surface area contributed by atoms with Crippen LogP contribution in [0.15, 0.2) is 53.5 Å². The number of nitrogens with zero attached hydrogens (tertiary/aromatic N) is 3. The molecule has 2 amide bonds. The van der Waals surface area contributed by atoms with Gasteiger partial charge >= 0.3 is 0 Å². The number of nitrogens with one attached hydrogen (secondary N) is 3. The molecule has 0 spiro atoms. The van der Waals surface area contributed by atoms with Crippen molar-refractivity contribution in [2.45, 2.75) is 32.7 Å². The molecule has 0 radical (unpaired) electrons. The first-order chi connectivity index (χ1) is 16.4. The second-order valence-electron chi connectivity index (χ2n) is 7.73. The zero-order chi connectivity index (χ0) is 24.2. The van der Waals surface area contributed by atoms with E-state index in [1.807, 2.05) is 6.92 Å². The molecule has 11 nitrogen and oxygen atoms in total. The smallest absolute Gasteiger partial charge is 0.290 e. The largest absolute Gasteiger partial charge is 0.360 e. The summed E-state index contributed by atoms with van der Waals surface area (Å²) in [7, 11) is 0. The number of hydrogen-bond donors (Lipinski definition) is 3. The summed E-state index contributed by atoms with van der Waals surface area (Å²) in [4.78, 5) is 51.8. The lowest BCUT2D eigenvalue weighted by Gasteiger charge is -2.11. The number of carbonyl (C=O) groups excluding carboxylic acids is 2. The topological polar surface area (TPSA) is 152 Å². The molecule has 11 heteroatoms. The summed E-state index contributed by atoms with van der Waals surface area (Å²) in [5.74, 6) is -1.36. The first kappa shape index (κ1) is 22.6. The van der Waals surface area contributed by atoms with Crippen molar-refractivity contribution in [1.29, 1.82) is 0 Å². The summed E-state index contributed by atoms with van der Waals surface area (Å²) < 4.78 is 1.27. The maximum atomic E-state index is 12.9. The van der Waals surface area contributed by atoms with Crippen LogP contribution in [0.25, 0.3) is 21.7 Å². The number of aromatic nitrogens is 3. The van der Waals surface area contributed by atoms with E-state index in [0.29, 0.717) is 28.2 Å². The predicted octanol–water partition coefficient (Wildman–Crippen LogP) is 3.05. The van der Waals surface area contributed by atoms with Crippen LogP contribution in [0.5, 0.6) is 0 Å². The van der Waals surface area contributed by atoms with Crippen molar-refractivity contribution in [2.75, 3.05) is 0 Å². The van der Waals surface area contributed by atoms with E-state index in [2.05, 4.69) is 20.9 Å². The number of amides is 2. The molecule has 174 valence electrons. The first-order valence-corrected chi connectivity index (χ1v) is 10.8. The van der Waals surface area contributed by atoms with Crippen LogP contribution in [0, 0.1) is 10.1 Å². The maximum absolute atomic E-state index is 12.9. The second-order valence-corrected chi connectivity index (χ2v) is 7.73. The molecular weight excluding hydrogens is 440 g/mol. The molecule has 34 heavy (non-hydrogen) atoms. The Bertz CT molecular complexity index is 1470. The van der Waals surface area contributed by atoms with Gasteiger partial charge in [-0.25, -0.2) is 4.68 Å². The Hall–Kier alpha value is -4.54. The van der Waals surface area contributed by atoms with Gasteiger partial charge in [-0.1, -0.05) is 38.0 Å². The van der Waals surface area contributed by atoms with Crippen molar-refractivity contribution in [2.24, 2.45) is 0 Å². The SMILES string of the molecule is CCCCCn1nc(C(=O)NNC(=O)c2c[nH]c3ccc([N+](=O)[O-])cc23)c2ccccc2c1=O. The number of unbranched alkanes of at least 4 members (excludes halogenated alkanes) is 2. The summed E-state index contributed by atoms with van der Waals surface area (Å²) in [5, 5.41) is 16.4. The van der Waals surface area contributed by atoms with Crippen LogP contribution in [0.2, 0.25) is 0 Å². The Labute approximate surface area is 192 Å². The van der Waals surface area contributed by atoms with Crippen molar-refractivity contribution >= 4 is 39.2 Å². The maximum Gasteiger partial charge on any atom is 0.290 e. The van der Waals surface area contributed by atoms with Gasteiger partial charge < -0.3 is 4.98 Å². The van der Waals surface area contributed by atoms with Gasteiger partial charge in [-0.2, -0.15) is 5.10 Å². The zero-order valence-corrected chi connectivity index (χ0v) is 18.3. The molecule has 0 saturated heterocycles. The molecule has 0 unspecified atom stereocenters. The average Bonchev–Trinajstić information content (AvgIpc) is 3.27. The number of hydrogen-bond acceptors (Lipinski definition) is 6. The quantitative estimate of drug-likeness (QED) is 0.218. The normalized spacial score (nSPS) is 11.0. The lowest BCUT2D eigenvalue weighted by Crippen LogP contribution is -2.42. The average molecular weight is 462 g/mol. The van der Waals surface area contributed by atoms with Crippen LogP contribution in [-0.4, -0.2) is 31.5 Å². The van der Waals surface area contributed by atoms with Crippen LogP contribution < -0.4 is 16.4 Å². The van der Waals surface area contributed by atoms with E-state index in [0.717, 1.165) is 19.3 Å². The molecule has 0 bridgehead atoms. The minimum absolute atomic E-state index is 0.00145. The Morgan fingerprint density at radius 3 is 2.53 bits per heavy atom. The van der Waals surface area contributed by atoms with Crippen molar-refractivity contribution in [3.8, 4) is 0 Å². The van der Waals surface area contributed by atoms with Gasteiger partial charge in [0.05, 0.1) is 15.9 Å². The van der Waals surface area contributed by atoms with Crippen LogP contribution in [-0.2, 0) is 6.54 Å². The predicted molar refractivity (Wildman–Crippen MR) is 125 cm³/mol. The standard InChI is InChI=1S/C23H22N6O5/c1-2-3-6-11-28-23(32)16-8-5-4-7-15(16)20(27-28)22(31)26-25-21(30)18-13-24-19-10-9-14(29(33)34)12-17(18)19/h4-5,7-10,12-13,24H,2-3,6,11H2,1H3,(H,25,30)(H,26,31). The van der Waals surface area contributed by atoms with Gasteiger partial charge in [0, 0.05) is 41.2 Å². The van der Waals surface area contributed by atoms with E-state index in [-0.39, 0.29) is 22.5 Å². The van der Waals surface area contributed by atoms with E-state index < -0.39 is 16.7 Å². The Morgan fingerprint density at radius 1 is 1.06 bits per heavy atom. The Balaban J connectivity index is 1.59. The number of H-pyrrole nitrogens is 1. The highest BCUT2D eigenvalue weighted by Crippen LogP contribution is 2.23. The third-order valence-electron chi connectivity index (χ3n) is 5.47. The first-order valence-electron chi connectivity index (χ1n) is 10.8. The molecule has 4 rings (SSSR count). The minimum Gasteiger partial charge on any atom is -0.360 e. The number of fused-ring (bicyclic) bond motifs is 2. The number of carbonyl (C=O) groups is 2. The highest BCUT2D eigenvalue weighted by molar-refractivity contribution is 6.09. The van der Waals surface area contributed by atoms with E-state index in [1.54, 1.807) is 24.3 Å². The summed E-state index contributed by atoms with van der Waals surface area (Å²) in [5.41, 5.74) is 4.87. The van der Waals surface area contributed by atoms with Gasteiger partial charge in [-0.3, -0.25) is 35.3 Å². The Kier molecular flexibility index (Phi) is 6.35. The summed E-state index contributed by atoms with van der Waals surface area (Å²) in [6.45, 7) is 2.42. The van der Waals surface area contributed by atoms with Gasteiger partial charge in [0.15, 0.2) is 5.69 Å². The molecule has 0 atom stereocenters. The fourth-order valence-electron chi connectivity index (χ4n) is 3.72. The fraction of sp³-hybridized carbons (Fsp3) is 0.217. The molecule has 0 aliphatic carbocycles. The van der Waals surface area contributed by atoms with Crippen LogP contribution in [0.4, 0.5) is 5.69 Å². The molecule has 2 heterocycles. The number of aromatic amines is 1. The molecule has 0 saturated carbocycles. The summed E-state index contributed by atoms with van der Waals surface area (Å²) >= 11 is 0. The van der Waals surface area contributed by atoms with E-state index in [9.17, 15) is 24.5 Å². The van der Waals surface area contributed by atoms with Crippen molar-refractivity contribution in [3.63, 3.8) is 0 Å².